The van der Waals surface area contributed by atoms with Crippen LogP contribution in [-0.2, 0) is 0 Å². The molecule has 0 unspecified atom stereocenters. The molecule has 0 saturated heterocycles. The zero-order valence-electron chi connectivity index (χ0n) is 10.9. The first kappa shape index (κ1) is 13.3. The van der Waals surface area contributed by atoms with Crippen LogP contribution in [0.5, 0.6) is 0 Å². The van der Waals surface area contributed by atoms with E-state index >= 15 is 0 Å². The summed E-state index contributed by atoms with van der Waals surface area (Å²) in [6.07, 6.45) is 0. The van der Waals surface area contributed by atoms with Gasteiger partial charge in [0.05, 0.1) is 17.7 Å². The molecule has 1 aromatic heterocycles. The fourth-order valence-corrected chi connectivity index (χ4v) is 1.81. The van der Waals surface area contributed by atoms with E-state index in [-0.39, 0.29) is 18.1 Å². The topological polar surface area (TPSA) is 82.2 Å². The average molecular weight is 260 g/mol. The Hall–Kier alpha value is -2.14. The van der Waals surface area contributed by atoms with Crippen molar-refractivity contribution in [1.82, 2.24) is 10.3 Å². The molecule has 100 valence electrons. The van der Waals surface area contributed by atoms with Gasteiger partial charge in [-0.3, -0.25) is 9.59 Å². The molecule has 5 nitrogen and oxygen atoms in total. The van der Waals surface area contributed by atoms with Gasteiger partial charge in [0.25, 0.3) is 5.91 Å². The number of aromatic amines is 1. The molecule has 5 heteroatoms. The summed E-state index contributed by atoms with van der Waals surface area (Å²) in [5.74, 6) is -0.374. The maximum atomic E-state index is 12.2. The van der Waals surface area contributed by atoms with E-state index in [0.29, 0.717) is 16.5 Å². The lowest BCUT2D eigenvalue weighted by molar-refractivity contribution is 0.0871. The SMILES string of the molecule is CC(C)(CO)NC(=O)c1cc(=O)[nH]c2ccccc12. The number of H-pyrrole nitrogens is 1. The number of aliphatic hydroxyl groups is 1. The summed E-state index contributed by atoms with van der Waals surface area (Å²) in [7, 11) is 0. The number of nitrogens with one attached hydrogen (secondary N) is 2. The van der Waals surface area contributed by atoms with Gasteiger partial charge >= 0.3 is 0 Å². The van der Waals surface area contributed by atoms with Crippen LogP contribution >= 0.6 is 0 Å². The predicted octanol–water partition coefficient (Wildman–Crippen LogP) is 1.03. The zero-order chi connectivity index (χ0) is 14.0. The largest absolute Gasteiger partial charge is 0.394 e. The van der Waals surface area contributed by atoms with Gasteiger partial charge in [-0.15, -0.1) is 0 Å². The Morgan fingerprint density at radius 2 is 2.05 bits per heavy atom. The minimum atomic E-state index is -0.735. The molecule has 2 rings (SSSR count). The number of aromatic nitrogens is 1. The van der Waals surface area contributed by atoms with Crippen molar-refractivity contribution < 1.29 is 9.90 Å². The maximum absolute atomic E-state index is 12.2. The Balaban J connectivity index is 2.50. The van der Waals surface area contributed by atoms with E-state index in [1.165, 1.54) is 6.07 Å². The van der Waals surface area contributed by atoms with Crippen molar-refractivity contribution in [3.63, 3.8) is 0 Å². The van der Waals surface area contributed by atoms with Crippen LogP contribution in [0.4, 0.5) is 0 Å². The number of fused-ring (bicyclic) bond motifs is 1. The van der Waals surface area contributed by atoms with Crippen LogP contribution in [0.15, 0.2) is 35.1 Å². The number of benzene rings is 1. The molecule has 0 aliphatic carbocycles. The van der Waals surface area contributed by atoms with Crippen LogP contribution < -0.4 is 10.9 Å². The summed E-state index contributed by atoms with van der Waals surface area (Å²) in [4.78, 5) is 26.4. The van der Waals surface area contributed by atoms with Gasteiger partial charge in [0, 0.05) is 17.0 Å². The van der Waals surface area contributed by atoms with Crippen LogP contribution in [-0.4, -0.2) is 28.1 Å². The van der Waals surface area contributed by atoms with Gasteiger partial charge in [-0.05, 0) is 19.9 Å². The van der Waals surface area contributed by atoms with Gasteiger partial charge < -0.3 is 15.4 Å². The van der Waals surface area contributed by atoms with Gasteiger partial charge in [-0.1, -0.05) is 18.2 Å². The summed E-state index contributed by atoms with van der Waals surface area (Å²) in [5, 5.41) is 12.5. The number of pyridine rings is 1. The summed E-state index contributed by atoms with van der Waals surface area (Å²) in [5.41, 5.74) is -0.144. The second-order valence-corrected chi connectivity index (χ2v) is 5.09. The fourth-order valence-electron chi connectivity index (χ4n) is 1.81. The first-order valence-electron chi connectivity index (χ1n) is 5.98. The van der Waals surface area contributed by atoms with Crippen LogP contribution in [0.3, 0.4) is 0 Å². The summed E-state index contributed by atoms with van der Waals surface area (Å²) < 4.78 is 0. The van der Waals surface area contributed by atoms with Crippen molar-refractivity contribution in [3.8, 4) is 0 Å². The molecule has 0 atom stereocenters. The highest BCUT2D eigenvalue weighted by atomic mass is 16.3. The number of carbonyl (C=O) groups excluding carboxylic acids is 1. The molecule has 19 heavy (non-hydrogen) atoms. The Bertz CT molecular complexity index is 674. The van der Waals surface area contributed by atoms with Crippen molar-refractivity contribution in [3.05, 3.63) is 46.2 Å². The van der Waals surface area contributed by atoms with E-state index < -0.39 is 5.54 Å². The van der Waals surface area contributed by atoms with E-state index in [1.54, 1.807) is 38.1 Å². The Kier molecular flexibility index (Phi) is 3.40. The van der Waals surface area contributed by atoms with E-state index in [2.05, 4.69) is 10.3 Å². The molecule has 0 aliphatic rings. The molecule has 1 aromatic carbocycles. The zero-order valence-corrected chi connectivity index (χ0v) is 10.9. The highest BCUT2D eigenvalue weighted by Crippen LogP contribution is 2.15. The third-order valence-electron chi connectivity index (χ3n) is 2.84. The number of amides is 1. The number of aliphatic hydroxyl groups excluding tert-OH is 1. The molecule has 1 amide bonds. The highest BCUT2D eigenvalue weighted by molar-refractivity contribution is 6.06. The average Bonchev–Trinajstić information content (AvgIpc) is 2.37. The molecule has 0 bridgehead atoms. The molecular weight excluding hydrogens is 244 g/mol. The van der Waals surface area contributed by atoms with Crippen LogP contribution in [0.1, 0.15) is 24.2 Å². The lowest BCUT2D eigenvalue weighted by Gasteiger charge is -2.23. The smallest absolute Gasteiger partial charge is 0.252 e. The van der Waals surface area contributed by atoms with Crippen molar-refractivity contribution in [2.75, 3.05) is 6.61 Å². The van der Waals surface area contributed by atoms with Crippen molar-refractivity contribution >= 4 is 16.8 Å². The number of carbonyl (C=O) groups is 1. The molecule has 1 heterocycles. The van der Waals surface area contributed by atoms with E-state index in [9.17, 15) is 14.7 Å². The number of hydrogen-bond acceptors (Lipinski definition) is 3. The normalized spacial score (nSPS) is 11.5. The van der Waals surface area contributed by atoms with Gasteiger partial charge in [-0.2, -0.15) is 0 Å². The molecule has 2 aromatic rings. The summed E-state index contributed by atoms with van der Waals surface area (Å²) >= 11 is 0. The number of hydrogen-bond donors (Lipinski definition) is 3. The predicted molar refractivity (Wildman–Crippen MR) is 73.2 cm³/mol. The number of rotatable bonds is 3. The first-order chi connectivity index (χ1) is 8.93. The minimum Gasteiger partial charge on any atom is -0.394 e. The molecule has 0 saturated carbocycles. The Morgan fingerprint density at radius 1 is 1.37 bits per heavy atom. The van der Waals surface area contributed by atoms with Crippen LogP contribution in [0.2, 0.25) is 0 Å². The van der Waals surface area contributed by atoms with Gasteiger partial charge in [0.2, 0.25) is 5.56 Å². The maximum Gasteiger partial charge on any atom is 0.252 e. The molecule has 0 radical (unpaired) electrons. The van der Waals surface area contributed by atoms with E-state index in [4.69, 9.17) is 0 Å². The molecule has 3 N–H and O–H groups in total. The van der Waals surface area contributed by atoms with Crippen molar-refractivity contribution in [2.24, 2.45) is 0 Å². The second kappa shape index (κ2) is 4.85. The molecule has 0 spiro atoms. The third kappa shape index (κ3) is 2.82. The monoisotopic (exact) mass is 260 g/mol. The Morgan fingerprint density at radius 3 is 2.74 bits per heavy atom. The quantitative estimate of drug-likeness (QED) is 0.770. The second-order valence-electron chi connectivity index (χ2n) is 5.09. The van der Waals surface area contributed by atoms with Gasteiger partial charge in [-0.25, -0.2) is 0 Å². The number of para-hydroxylation sites is 1. The van der Waals surface area contributed by atoms with Crippen LogP contribution in [0.25, 0.3) is 10.9 Å². The summed E-state index contributed by atoms with van der Waals surface area (Å²) in [6.45, 7) is 3.24. The fraction of sp³-hybridized carbons (Fsp3) is 0.286. The van der Waals surface area contributed by atoms with Gasteiger partial charge in [0.15, 0.2) is 0 Å². The minimum absolute atomic E-state index is 0.181. The highest BCUT2D eigenvalue weighted by Gasteiger charge is 2.21. The summed E-state index contributed by atoms with van der Waals surface area (Å²) in [6, 6.07) is 8.37. The molecular formula is C14H16N2O3. The van der Waals surface area contributed by atoms with Crippen LogP contribution in [0, 0.1) is 0 Å². The van der Waals surface area contributed by atoms with E-state index in [0.717, 1.165) is 0 Å². The third-order valence-corrected chi connectivity index (χ3v) is 2.84. The van der Waals surface area contributed by atoms with Crippen molar-refractivity contribution in [2.45, 2.75) is 19.4 Å². The molecule has 0 aliphatic heterocycles. The van der Waals surface area contributed by atoms with Gasteiger partial charge in [0.1, 0.15) is 0 Å². The molecule has 0 fully saturated rings. The first-order valence-corrected chi connectivity index (χ1v) is 5.98. The lowest BCUT2D eigenvalue weighted by atomic mass is 10.0. The standard InChI is InChI=1S/C14H16N2O3/c1-14(2,8-17)16-13(19)10-7-12(18)15-11-6-4-3-5-9(10)11/h3-7,17H,8H2,1-2H3,(H,15,18)(H,16,19). The van der Waals surface area contributed by atoms with Crippen molar-refractivity contribution in [1.29, 1.82) is 0 Å². The lowest BCUT2D eigenvalue weighted by Crippen LogP contribution is -2.46. The Labute approximate surface area is 110 Å². The van der Waals surface area contributed by atoms with E-state index in [1.807, 2.05) is 0 Å².